The molecule has 2 rings (SSSR count). The number of hydrogen-bond acceptors (Lipinski definition) is 2. The molecule has 0 heterocycles. The van der Waals surface area contributed by atoms with Crippen LogP contribution in [0, 0.1) is 28.6 Å². The van der Waals surface area contributed by atoms with E-state index in [1.165, 1.54) is 0 Å². The third-order valence-electron chi connectivity index (χ3n) is 8.43. The fourth-order valence-electron chi connectivity index (χ4n) is 7.17. The first kappa shape index (κ1) is 31.4. The summed E-state index contributed by atoms with van der Waals surface area (Å²) >= 11 is 0. The maximum Gasteiger partial charge on any atom is 0.403 e. The molecule has 2 aliphatic rings. The van der Waals surface area contributed by atoms with Crippen LogP contribution >= 0.6 is 0 Å². The van der Waals surface area contributed by atoms with Crippen LogP contribution in [0.2, 0.25) is 19.6 Å². The van der Waals surface area contributed by atoms with Crippen LogP contribution in [0.1, 0.15) is 85.5 Å². The second kappa shape index (κ2) is 10.7. The number of rotatable bonds is 10. The highest BCUT2D eigenvalue weighted by Gasteiger charge is 2.57. The number of Topliss-reactive ketones (excluding diaryl/α,β-unsaturated/α-hetero) is 1. The van der Waals surface area contributed by atoms with Gasteiger partial charge >= 0.3 is 12.4 Å². The van der Waals surface area contributed by atoms with Gasteiger partial charge in [0, 0.05) is 12.3 Å². The minimum absolute atomic E-state index is 0.0557. The van der Waals surface area contributed by atoms with Crippen molar-refractivity contribution < 1.29 is 35.6 Å². The molecule has 210 valence electrons. The van der Waals surface area contributed by atoms with Crippen LogP contribution in [0.4, 0.5) is 26.3 Å². The first-order valence-electron chi connectivity index (χ1n) is 13.1. The van der Waals surface area contributed by atoms with Gasteiger partial charge in [0.2, 0.25) is 0 Å². The van der Waals surface area contributed by atoms with Crippen LogP contribution in [0.5, 0.6) is 0 Å². The van der Waals surface area contributed by atoms with E-state index >= 15 is 0 Å². The zero-order valence-electron chi connectivity index (χ0n) is 22.8. The molecule has 0 bridgehead atoms. The van der Waals surface area contributed by atoms with Gasteiger partial charge in [-0.3, -0.25) is 4.79 Å². The lowest BCUT2D eigenvalue weighted by Crippen LogP contribution is -2.43. The zero-order valence-corrected chi connectivity index (χ0v) is 23.8. The molecule has 0 spiro atoms. The van der Waals surface area contributed by atoms with Crippen molar-refractivity contribution in [2.75, 3.05) is 0 Å². The maximum atomic E-state index is 13.1. The summed E-state index contributed by atoms with van der Waals surface area (Å²) in [5.74, 6) is -3.23. The lowest BCUT2D eigenvalue weighted by Gasteiger charge is -2.48. The molecule has 0 radical (unpaired) electrons. The summed E-state index contributed by atoms with van der Waals surface area (Å²) in [5.41, 5.74) is -1.15. The topological polar surface area (TPSA) is 26.3 Å². The van der Waals surface area contributed by atoms with Gasteiger partial charge in [-0.1, -0.05) is 32.4 Å². The highest BCUT2D eigenvalue weighted by atomic mass is 28.4. The fourth-order valence-corrected chi connectivity index (χ4v) is 8.93. The molecule has 2 fully saturated rings. The molecular weight excluding hydrogens is 498 g/mol. The molecule has 0 aliphatic heterocycles. The Morgan fingerprint density at radius 1 is 1.03 bits per heavy atom. The summed E-state index contributed by atoms with van der Waals surface area (Å²) in [4.78, 5) is 12.7. The number of alkyl halides is 6. The minimum Gasteiger partial charge on any atom is -0.413 e. The average Bonchev–Trinajstić information content (AvgIpc) is 3.00. The summed E-state index contributed by atoms with van der Waals surface area (Å²) < 4.78 is 85.0. The third-order valence-corrected chi connectivity index (χ3v) is 9.60. The van der Waals surface area contributed by atoms with E-state index in [4.69, 9.17) is 4.43 Å². The van der Waals surface area contributed by atoms with Gasteiger partial charge in [-0.15, -0.1) is 0 Å². The molecule has 0 N–H and O–H groups in total. The van der Waals surface area contributed by atoms with E-state index in [0.29, 0.717) is 12.8 Å². The van der Waals surface area contributed by atoms with E-state index in [9.17, 15) is 31.1 Å². The van der Waals surface area contributed by atoms with E-state index in [-0.39, 0.29) is 41.1 Å². The van der Waals surface area contributed by atoms with Crippen molar-refractivity contribution in [1.82, 2.24) is 0 Å². The lowest BCUT2D eigenvalue weighted by molar-refractivity contribution is -0.267. The predicted octanol–water partition coefficient (Wildman–Crippen LogP) is 9.27. The molecule has 0 saturated heterocycles. The quantitative estimate of drug-likeness (QED) is 0.156. The van der Waals surface area contributed by atoms with Crippen LogP contribution in [-0.4, -0.2) is 32.1 Å². The monoisotopic (exact) mass is 542 g/mol. The van der Waals surface area contributed by atoms with Crippen molar-refractivity contribution in [3.05, 3.63) is 12.2 Å². The van der Waals surface area contributed by atoms with E-state index in [1.807, 2.05) is 20.8 Å². The number of hydrogen-bond donors (Lipinski definition) is 0. The molecule has 0 amide bonds. The van der Waals surface area contributed by atoms with Gasteiger partial charge in [0.1, 0.15) is 5.78 Å². The standard InChI is InChI=1S/C27H44F6O2Si/c1-23(2,35-36(5,6)7)15-10-17-24(3,16-9-12-22(26(28,29)30)27(31,32)33)21-14-13-19-20(34)11-8-18-25(19,21)4/h9,12,19,21-22H,8,10-11,13-18H2,1-7H3/b12-9-/t19?,21?,24?,25-/m0/s1. The average molecular weight is 543 g/mol. The summed E-state index contributed by atoms with van der Waals surface area (Å²) in [5, 5.41) is 0. The van der Waals surface area contributed by atoms with Crippen LogP contribution in [-0.2, 0) is 9.22 Å². The van der Waals surface area contributed by atoms with Crippen LogP contribution in [0.25, 0.3) is 0 Å². The highest BCUT2D eigenvalue weighted by molar-refractivity contribution is 6.69. The van der Waals surface area contributed by atoms with Crippen molar-refractivity contribution in [3.63, 3.8) is 0 Å². The first-order valence-corrected chi connectivity index (χ1v) is 16.5. The smallest absolute Gasteiger partial charge is 0.403 e. The molecule has 0 aromatic carbocycles. The second-order valence-corrected chi connectivity index (χ2v) is 17.6. The van der Waals surface area contributed by atoms with Crippen molar-refractivity contribution >= 4 is 14.1 Å². The minimum atomic E-state index is -5.39. The summed E-state index contributed by atoms with van der Waals surface area (Å²) in [7, 11) is -1.79. The zero-order chi connectivity index (χ0) is 27.8. The van der Waals surface area contributed by atoms with Crippen LogP contribution < -0.4 is 0 Å². The van der Waals surface area contributed by atoms with E-state index in [2.05, 4.69) is 26.6 Å². The third kappa shape index (κ3) is 7.84. The molecule has 2 aliphatic carbocycles. The molecule has 0 aromatic heterocycles. The van der Waals surface area contributed by atoms with Crippen molar-refractivity contribution in [1.29, 1.82) is 0 Å². The Morgan fingerprint density at radius 2 is 1.61 bits per heavy atom. The molecular formula is C27H44F6O2Si. The van der Waals surface area contributed by atoms with Crippen molar-refractivity contribution in [2.45, 2.75) is 123 Å². The van der Waals surface area contributed by atoms with Crippen molar-refractivity contribution in [3.8, 4) is 0 Å². The van der Waals surface area contributed by atoms with Gasteiger partial charge in [0.25, 0.3) is 0 Å². The van der Waals surface area contributed by atoms with Gasteiger partial charge in [0.15, 0.2) is 14.2 Å². The summed E-state index contributed by atoms with van der Waals surface area (Å²) in [6.45, 7) is 14.5. The number of halogens is 6. The summed E-state index contributed by atoms with van der Waals surface area (Å²) in [6.07, 6.45) is -3.39. The van der Waals surface area contributed by atoms with Gasteiger partial charge in [-0.05, 0) is 95.2 Å². The Hall–Kier alpha value is -0.833. The second-order valence-electron chi connectivity index (χ2n) is 13.2. The number of allylic oxidation sites excluding steroid dienone is 2. The largest absolute Gasteiger partial charge is 0.413 e. The Bertz CT molecular complexity index is 784. The number of carbonyl (C=O) groups is 1. The van der Waals surface area contributed by atoms with Crippen molar-refractivity contribution in [2.24, 2.45) is 28.6 Å². The van der Waals surface area contributed by atoms with E-state index < -0.39 is 32.0 Å². The summed E-state index contributed by atoms with van der Waals surface area (Å²) in [6, 6.07) is 0. The number of ketones is 1. The molecule has 36 heavy (non-hydrogen) atoms. The molecule has 3 unspecified atom stereocenters. The fraction of sp³-hybridized carbons (Fsp3) is 0.889. The number of fused-ring (bicyclic) bond motifs is 1. The van der Waals surface area contributed by atoms with Gasteiger partial charge in [0.05, 0.1) is 5.60 Å². The van der Waals surface area contributed by atoms with E-state index in [0.717, 1.165) is 44.6 Å². The highest BCUT2D eigenvalue weighted by Crippen LogP contribution is 2.61. The van der Waals surface area contributed by atoms with E-state index in [1.54, 1.807) is 0 Å². The predicted molar refractivity (Wildman–Crippen MR) is 133 cm³/mol. The van der Waals surface area contributed by atoms with Crippen LogP contribution in [0.3, 0.4) is 0 Å². The Morgan fingerprint density at radius 3 is 2.14 bits per heavy atom. The Balaban J connectivity index is 2.30. The first-order chi connectivity index (χ1) is 16.1. The Kier molecular flexibility index (Phi) is 9.36. The molecule has 2 nitrogen and oxygen atoms in total. The van der Waals surface area contributed by atoms with Gasteiger partial charge < -0.3 is 4.43 Å². The SMILES string of the molecule is CC(C)(CCCC(C)(C/C=C\C(C(F)(F)F)C(F)(F)F)C1CCC2C(=O)CCC[C@@]21C)O[Si](C)(C)C. The molecule has 0 aromatic rings. The lowest BCUT2D eigenvalue weighted by atomic mass is 9.56. The Labute approximate surface area is 213 Å². The molecule has 4 atom stereocenters. The maximum absolute atomic E-state index is 13.1. The normalized spacial score (nSPS) is 28.1. The van der Waals surface area contributed by atoms with Gasteiger partial charge in [-0.25, -0.2) is 0 Å². The van der Waals surface area contributed by atoms with Crippen LogP contribution in [0.15, 0.2) is 12.2 Å². The van der Waals surface area contributed by atoms with Gasteiger partial charge in [-0.2, -0.15) is 26.3 Å². The molecule has 9 heteroatoms. The number of carbonyl (C=O) groups excluding carboxylic acids is 1. The molecule has 2 saturated carbocycles.